The number of amides is 1. The SMILES string of the molecule is CC.Cc1cccc(CN(C)C(=O)C2CCCOC2)c1. The third-order valence-electron chi connectivity index (χ3n) is 3.39. The van der Waals surface area contributed by atoms with Gasteiger partial charge in [0.15, 0.2) is 0 Å². The van der Waals surface area contributed by atoms with Gasteiger partial charge in [0.2, 0.25) is 5.91 Å². The van der Waals surface area contributed by atoms with E-state index < -0.39 is 0 Å². The lowest BCUT2D eigenvalue weighted by Gasteiger charge is -2.26. The highest BCUT2D eigenvalue weighted by Crippen LogP contribution is 2.17. The predicted octanol–water partition coefficient (Wildman–Crippen LogP) is 3.41. The van der Waals surface area contributed by atoms with Crippen LogP contribution in [0.5, 0.6) is 0 Å². The Morgan fingerprint density at radius 2 is 2.15 bits per heavy atom. The van der Waals surface area contributed by atoms with Crippen molar-refractivity contribution >= 4 is 5.91 Å². The van der Waals surface area contributed by atoms with E-state index in [9.17, 15) is 4.79 Å². The number of ether oxygens (including phenoxy) is 1. The number of hydrogen-bond donors (Lipinski definition) is 0. The molecule has 20 heavy (non-hydrogen) atoms. The van der Waals surface area contributed by atoms with Gasteiger partial charge in [-0.05, 0) is 25.3 Å². The quantitative estimate of drug-likeness (QED) is 0.847. The van der Waals surface area contributed by atoms with Gasteiger partial charge in [-0.1, -0.05) is 43.7 Å². The molecule has 1 saturated heterocycles. The molecule has 0 aliphatic carbocycles. The standard InChI is InChI=1S/C15H21NO2.C2H6/c1-12-5-3-6-13(9-12)10-16(2)15(17)14-7-4-8-18-11-14;1-2/h3,5-6,9,14H,4,7-8,10-11H2,1-2H3;1-2H3. The highest BCUT2D eigenvalue weighted by Gasteiger charge is 2.24. The van der Waals surface area contributed by atoms with E-state index in [0.717, 1.165) is 19.4 Å². The van der Waals surface area contributed by atoms with Crippen molar-refractivity contribution in [3.63, 3.8) is 0 Å². The van der Waals surface area contributed by atoms with Crippen LogP contribution in [-0.2, 0) is 16.1 Å². The molecule has 0 spiro atoms. The number of rotatable bonds is 3. The number of carbonyl (C=O) groups is 1. The molecule has 1 aromatic carbocycles. The van der Waals surface area contributed by atoms with Crippen molar-refractivity contribution in [2.45, 2.75) is 40.2 Å². The first-order chi connectivity index (χ1) is 9.66. The Labute approximate surface area is 122 Å². The van der Waals surface area contributed by atoms with E-state index >= 15 is 0 Å². The number of benzene rings is 1. The van der Waals surface area contributed by atoms with Crippen molar-refractivity contribution in [3.8, 4) is 0 Å². The second-order valence-corrected chi connectivity index (χ2v) is 5.10. The predicted molar refractivity (Wildman–Crippen MR) is 82.5 cm³/mol. The first-order valence-electron chi connectivity index (χ1n) is 7.55. The van der Waals surface area contributed by atoms with Crippen molar-refractivity contribution in [2.24, 2.45) is 5.92 Å². The maximum atomic E-state index is 12.2. The summed E-state index contributed by atoms with van der Waals surface area (Å²) in [6.45, 7) is 8.12. The van der Waals surface area contributed by atoms with E-state index in [1.165, 1.54) is 11.1 Å². The van der Waals surface area contributed by atoms with Gasteiger partial charge in [0, 0.05) is 20.2 Å². The Kier molecular flexibility index (Phi) is 7.31. The summed E-state index contributed by atoms with van der Waals surface area (Å²) in [4.78, 5) is 14.0. The average molecular weight is 277 g/mol. The lowest BCUT2D eigenvalue weighted by atomic mass is 10.0. The second-order valence-electron chi connectivity index (χ2n) is 5.10. The highest BCUT2D eigenvalue weighted by molar-refractivity contribution is 5.78. The topological polar surface area (TPSA) is 29.5 Å². The minimum atomic E-state index is 0.0496. The van der Waals surface area contributed by atoms with Crippen LogP contribution in [0.1, 0.15) is 37.8 Å². The molecule has 1 aliphatic heterocycles. The van der Waals surface area contributed by atoms with Crippen LogP contribution in [-0.4, -0.2) is 31.1 Å². The van der Waals surface area contributed by atoms with Gasteiger partial charge in [-0.2, -0.15) is 0 Å². The van der Waals surface area contributed by atoms with Crippen LogP contribution in [0.4, 0.5) is 0 Å². The van der Waals surface area contributed by atoms with Gasteiger partial charge in [-0.25, -0.2) is 0 Å². The summed E-state index contributed by atoms with van der Waals surface area (Å²) >= 11 is 0. The van der Waals surface area contributed by atoms with Crippen LogP contribution >= 0.6 is 0 Å². The van der Waals surface area contributed by atoms with Crippen molar-refractivity contribution in [1.29, 1.82) is 0 Å². The van der Waals surface area contributed by atoms with E-state index in [4.69, 9.17) is 4.74 Å². The summed E-state index contributed by atoms with van der Waals surface area (Å²) in [6.07, 6.45) is 1.95. The number of nitrogens with zero attached hydrogens (tertiary/aromatic N) is 1. The van der Waals surface area contributed by atoms with Gasteiger partial charge in [0.25, 0.3) is 0 Å². The number of aryl methyl sites for hydroxylation is 1. The molecule has 0 saturated carbocycles. The Morgan fingerprint density at radius 3 is 2.75 bits per heavy atom. The van der Waals surface area contributed by atoms with Gasteiger partial charge in [-0.3, -0.25) is 4.79 Å². The molecule has 1 atom stereocenters. The van der Waals surface area contributed by atoms with Crippen LogP contribution < -0.4 is 0 Å². The molecule has 1 heterocycles. The molecule has 1 aliphatic rings. The lowest BCUT2D eigenvalue weighted by molar-refractivity contribution is -0.138. The Hall–Kier alpha value is -1.35. The van der Waals surface area contributed by atoms with E-state index in [-0.39, 0.29) is 11.8 Å². The largest absolute Gasteiger partial charge is 0.381 e. The third-order valence-corrected chi connectivity index (χ3v) is 3.39. The molecule has 1 aromatic rings. The minimum Gasteiger partial charge on any atom is -0.381 e. The zero-order chi connectivity index (χ0) is 15.0. The van der Waals surface area contributed by atoms with Crippen molar-refractivity contribution in [1.82, 2.24) is 4.90 Å². The smallest absolute Gasteiger partial charge is 0.228 e. The molecule has 1 unspecified atom stereocenters. The van der Waals surface area contributed by atoms with Crippen LogP contribution in [0.2, 0.25) is 0 Å². The summed E-state index contributed by atoms with van der Waals surface area (Å²) in [5.74, 6) is 0.254. The van der Waals surface area contributed by atoms with Crippen molar-refractivity contribution in [2.75, 3.05) is 20.3 Å². The Morgan fingerprint density at radius 1 is 1.40 bits per heavy atom. The second kappa shape index (κ2) is 8.75. The van der Waals surface area contributed by atoms with Gasteiger partial charge in [0.05, 0.1) is 12.5 Å². The lowest BCUT2D eigenvalue weighted by Crippen LogP contribution is -2.36. The van der Waals surface area contributed by atoms with Crippen molar-refractivity contribution in [3.05, 3.63) is 35.4 Å². The molecule has 0 aromatic heterocycles. The molecular weight excluding hydrogens is 250 g/mol. The Bertz CT molecular complexity index is 411. The minimum absolute atomic E-state index is 0.0496. The maximum Gasteiger partial charge on any atom is 0.228 e. The summed E-state index contributed by atoms with van der Waals surface area (Å²) in [5.41, 5.74) is 2.41. The Balaban J connectivity index is 0.000000956. The molecule has 0 bridgehead atoms. The zero-order valence-corrected chi connectivity index (χ0v) is 13.2. The van der Waals surface area contributed by atoms with Crippen LogP contribution in [0, 0.1) is 12.8 Å². The first kappa shape index (κ1) is 16.7. The van der Waals surface area contributed by atoms with Crippen LogP contribution in [0.25, 0.3) is 0 Å². The molecule has 0 N–H and O–H groups in total. The fourth-order valence-corrected chi connectivity index (χ4v) is 2.41. The number of carbonyl (C=O) groups excluding carboxylic acids is 1. The molecule has 3 nitrogen and oxygen atoms in total. The fraction of sp³-hybridized carbons (Fsp3) is 0.588. The molecule has 3 heteroatoms. The van der Waals surface area contributed by atoms with Gasteiger partial charge >= 0.3 is 0 Å². The molecule has 1 amide bonds. The normalized spacial score (nSPS) is 17.9. The van der Waals surface area contributed by atoms with Gasteiger partial charge < -0.3 is 9.64 Å². The number of hydrogen-bond acceptors (Lipinski definition) is 2. The summed E-state index contributed by atoms with van der Waals surface area (Å²) in [5, 5.41) is 0. The molecular formula is C17H27NO2. The van der Waals surface area contributed by atoms with E-state index in [2.05, 4.69) is 25.1 Å². The van der Waals surface area contributed by atoms with E-state index in [0.29, 0.717) is 13.2 Å². The van der Waals surface area contributed by atoms with Crippen LogP contribution in [0.3, 0.4) is 0 Å². The van der Waals surface area contributed by atoms with Gasteiger partial charge in [-0.15, -0.1) is 0 Å². The molecule has 0 radical (unpaired) electrons. The van der Waals surface area contributed by atoms with Crippen LogP contribution in [0.15, 0.2) is 24.3 Å². The molecule has 112 valence electrons. The average Bonchev–Trinajstić information content (AvgIpc) is 2.49. The molecule has 1 fully saturated rings. The summed E-state index contributed by atoms with van der Waals surface area (Å²) in [7, 11) is 1.87. The van der Waals surface area contributed by atoms with E-state index in [1.807, 2.05) is 31.9 Å². The zero-order valence-electron chi connectivity index (χ0n) is 13.2. The summed E-state index contributed by atoms with van der Waals surface area (Å²) in [6, 6.07) is 8.29. The van der Waals surface area contributed by atoms with Crippen molar-refractivity contribution < 1.29 is 9.53 Å². The maximum absolute atomic E-state index is 12.2. The summed E-state index contributed by atoms with van der Waals surface area (Å²) < 4.78 is 5.38. The monoisotopic (exact) mass is 277 g/mol. The fourth-order valence-electron chi connectivity index (χ4n) is 2.41. The highest BCUT2D eigenvalue weighted by atomic mass is 16.5. The van der Waals surface area contributed by atoms with E-state index in [1.54, 1.807) is 0 Å². The van der Waals surface area contributed by atoms with Gasteiger partial charge in [0.1, 0.15) is 0 Å². The third kappa shape index (κ3) is 4.97. The first-order valence-corrected chi connectivity index (χ1v) is 7.55. The molecule has 2 rings (SSSR count).